The number of quaternary nitrogens is 1. The maximum absolute atomic E-state index is 12.1. The summed E-state index contributed by atoms with van der Waals surface area (Å²) in [4.78, 5) is 23.2. The standard InChI is InChI=1S/C16H15Cl2N3O3/c1-20(9-11-2-5-13(6-3-11)21(23)24)10-16(22)19-12-4-7-14(17)15(18)8-12/h2-8H,9-10H2,1H3,(H,19,22)/p+1. The van der Waals surface area contributed by atoms with E-state index < -0.39 is 4.92 Å². The SMILES string of the molecule is C[NH+](CC(=O)Nc1ccc(Cl)c(Cl)c1)Cc1ccc([N+](=O)[O-])cc1. The molecular formula is C16H16Cl2N3O3+. The number of benzene rings is 2. The van der Waals surface area contributed by atoms with Crippen molar-refractivity contribution in [3.05, 3.63) is 68.2 Å². The summed E-state index contributed by atoms with van der Waals surface area (Å²) >= 11 is 11.7. The number of carbonyl (C=O) groups is 1. The number of anilines is 1. The number of non-ortho nitro benzene ring substituents is 1. The van der Waals surface area contributed by atoms with E-state index >= 15 is 0 Å². The number of nitrogens with zero attached hydrogens (tertiary/aromatic N) is 1. The predicted octanol–water partition coefficient (Wildman–Crippen LogP) is 2.56. The molecule has 0 heterocycles. The zero-order valence-corrected chi connectivity index (χ0v) is 14.4. The van der Waals surface area contributed by atoms with Crippen LogP contribution in [-0.2, 0) is 11.3 Å². The highest BCUT2D eigenvalue weighted by molar-refractivity contribution is 6.42. The van der Waals surface area contributed by atoms with Crippen molar-refractivity contribution >= 4 is 40.5 Å². The van der Waals surface area contributed by atoms with Crippen molar-refractivity contribution in [2.75, 3.05) is 18.9 Å². The van der Waals surface area contributed by atoms with Gasteiger partial charge in [0.25, 0.3) is 11.6 Å². The summed E-state index contributed by atoms with van der Waals surface area (Å²) in [7, 11) is 1.87. The molecule has 0 aliphatic heterocycles. The fourth-order valence-electron chi connectivity index (χ4n) is 2.20. The van der Waals surface area contributed by atoms with Gasteiger partial charge in [-0.2, -0.15) is 0 Å². The summed E-state index contributed by atoms with van der Waals surface area (Å²) in [6.45, 7) is 0.823. The van der Waals surface area contributed by atoms with Crippen LogP contribution in [0, 0.1) is 10.1 Å². The maximum Gasteiger partial charge on any atom is 0.279 e. The van der Waals surface area contributed by atoms with Gasteiger partial charge in [-0.25, -0.2) is 0 Å². The van der Waals surface area contributed by atoms with Gasteiger partial charge in [-0.1, -0.05) is 23.2 Å². The Morgan fingerprint density at radius 3 is 2.42 bits per heavy atom. The number of carbonyl (C=O) groups excluding carboxylic acids is 1. The predicted molar refractivity (Wildman–Crippen MR) is 93.6 cm³/mol. The minimum absolute atomic E-state index is 0.0498. The lowest BCUT2D eigenvalue weighted by Gasteiger charge is -2.14. The van der Waals surface area contributed by atoms with Crippen LogP contribution in [0.5, 0.6) is 0 Å². The first-order valence-corrected chi connectivity index (χ1v) is 7.90. The lowest BCUT2D eigenvalue weighted by Crippen LogP contribution is -3.08. The summed E-state index contributed by atoms with van der Waals surface area (Å²) in [6, 6.07) is 11.2. The summed E-state index contributed by atoms with van der Waals surface area (Å²) in [6.07, 6.45) is 0. The Bertz CT molecular complexity index is 751. The third-order valence-electron chi connectivity index (χ3n) is 3.32. The van der Waals surface area contributed by atoms with Gasteiger partial charge in [-0.15, -0.1) is 0 Å². The highest BCUT2D eigenvalue weighted by Gasteiger charge is 2.12. The lowest BCUT2D eigenvalue weighted by molar-refractivity contribution is -0.885. The topological polar surface area (TPSA) is 76.7 Å². The number of hydrogen-bond donors (Lipinski definition) is 2. The molecule has 0 radical (unpaired) electrons. The van der Waals surface area contributed by atoms with Crippen molar-refractivity contribution in [3.63, 3.8) is 0 Å². The van der Waals surface area contributed by atoms with E-state index in [2.05, 4.69) is 5.32 Å². The van der Waals surface area contributed by atoms with E-state index in [9.17, 15) is 14.9 Å². The number of halogens is 2. The summed E-state index contributed by atoms with van der Waals surface area (Å²) in [5.74, 6) is -0.159. The number of likely N-dealkylation sites (N-methyl/N-ethyl adjacent to an activating group) is 1. The molecule has 2 rings (SSSR count). The van der Waals surface area contributed by atoms with Crippen LogP contribution in [0.3, 0.4) is 0 Å². The first kappa shape index (κ1) is 18.2. The van der Waals surface area contributed by atoms with E-state index in [1.165, 1.54) is 12.1 Å². The van der Waals surface area contributed by atoms with Crippen molar-refractivity contribution in [1.29, 1.82) is 0 Å². The third-order valence-corrected chi connectivity index (χ3v) is 4.06. The van der Waals surface area contributed by atoms with E-state index in [0.717, 1.165) is 10.5 Å². The molecule has 2 N–H and O–H groups in total. The van der Waals surface area contributed by atoms with Gasteiger partial charge >= 0.3 is 0 Å². The highest BCUT2D eigenvalue weighted by Crippen LogP contribution is 2.24. The van der Waals surface area contributed by atoms with Crippen LogP contribution in [0.4, 0.5) is 11.4 Å². The van der Waals surface area contributed by atoms with E-state index in [1.54, 1.807) is 30.3 Å². The minimum Gasteiger partial charge on any atom is -0.326 e. The van der Waals surface area contributed by atoms with Crippen molar-refractivity contribution < 1.29 is 14.6 Å². The monoisotopic (exact) mass is 368 g/mol. The summed E-state index contributed by atoms with van der Waals surface area (Å²) < 4.78 is 0. The van der Waals surface area contributed by atoms with Crippen molar-refractivity contribution in [3.8, 4) is 0 Å². The Morgan fingerprint density at radius 1 is 1.17 bits per heavy atom. The molecule has 1 amide bonds. The molecule has 0 saturated heterocycles. The molecule has 0 spiro atoms. The second kappa shape index (κ2) is 8.10. The molecule has 8 heteroatoms. The fourth-order valence-corrected chi connectivity index (χ4v) is 2.50. The number of rotatable bonds is 6. The van der Waals surface area contributed by atoms with Gasteiger partial charge in [0.1, 0.15) is 6.54 Å². The molecule has 6 nitrogen and oxygen atoms in total. The van der Waals surface area contributed by atoms with Crippen molar-refractivity contribution in [2.24, 2.45) is 0 Å². The molecule has 2 aromatic rings. The average Bonchev–Trinajstić information content (AvgIpc) is 2.51. The molecule has 0 aromatic heterocycles. The number of nitro groups is 1. The second-order valence-electron chi connectivity index (χ2n) is 5.41. The maximum atomic E-state index is 12.1. The van der Waals surface area contributed by atoms with Gasteiger partial charge in [0.15, 0.2) is 6.54 Å². The zero-order valence-electron chi connectivity index (χ0n) is 12.9. The molecule has 1 atom stereocenters. The number of amides is 1. The first-order chi connectivity index (χ1) is 11.3. The third kappa shape index (κ3) is 5.19. The molecule has 0 fully saturated rings. The quantitative estimate of drug-likeness (QED) is 0.607. The lowest BCUT2D eigenvalue weighted by atomic mass is 10.2. The van der Waals surface area contributed by atoms with E-state index in [-0.39, 0.29) is 18.1 Å². The number of hydrogen-bond acceptors (Lipinski definition) is 3. The Morgan fingerprint density at radius 2 is 1.83 bits per heavy atom. The van der Waals surface area contributed by atoms with Gasteiger partial charge in [-0.3, -0.25) is 14.9 Å². The number of nitrogens with one attached hydrogen (secondary N) is 2. The number of nitro benzene ring substituents is 1. The molecule has 2 aromatic carbocycles. The average molecular weight is 369 g/mol. The second-order valence-corrected chi connectivity index (χ2v) is 6.23. The van der Waals surface area contributed by atoms with E-state index in [4.69, 9.17) is 23.2 Å². The van der Waals surface area contributed by atoms with Gasteiger partial charge in [0, 0.05) is 23.4 Å². The van der Waals surface area contributed by atoms with Crippen LogP contribution >= 0.6 is 23.2 Å². The van der Waals surface area contributed by atoms with Gasteiger partial charge < -0.3 is 10.2 Å². The van der Waals surface area contributed by atoms with Gasteiger partial charge in [0.2, 0.25) is 0 Å². The van der Waals surface area contributed by atoms with Crippen LogP contribution in [0.25, 0.3) is 0 Å². The van der Waals surface area contributed by atoms with Crippen LogP contribution in [0.2, 0.25) is 10.0 Å². The molecule has 0 bridgehead atoms. The Kier molecular flexibility index (Phi) is 6.14. The molecule has 0 saturated carbocycles. The fraction of sp³-hybridized carbons (Fsp3) is 0.188. The highest BCUT2D eigenvalue weighted by atomic mass is 35.5. The van der Waals surface area contributed by atoms with E-state index in [0.29, 0.717) is 22.3 Å². The van der Waals surface area contributed by atoms with Crippen LogP contribution in [0.1, 0.15) is 5.56 Å². The molecular weight excluding hydrogens is 353 g/mol. The largest absolute Gasteiger partial charge is 0.326 e. The van der Waals surface area contributed by atoms with Crippen LogP contribution in [0.15, 0.2) is 42.5 Å². The van der Waals surface area contributed by atoms with Gasteiger partial charge in [-0.05, 0) is 30.3 Å². The normalized spacial score (nSPS) is 11.8. The first-order valence-electron chi connectivity index (χ1n) is 7.14. The Labute approximate surface area is 149 Å². The Balaban J connectivity index is 1.88. The molecule has 126 valence electrons. The van der Waals surface area contributed by atoms with E-state index in [1.807, 2.05) is 7.05 Å². The molecule has 0 aliphatic rings. The van der Waals surface area contributed by atoms with Gasteiger partial charge in [0.05, 0.1) is 22.0 Å². The minimum atomic E-state index is -0.439. The zero-order chi connectivity index (χ0) is 17.7. The molecule has 24 heavy (non-hydrogen) atoms. The molecule has 1 unspecified atom stereocenters. The summed E-state index contributed by atoms with van der Waals surface area (Å²) in [5, 5.41) is 14.2. The smallest absolute Gasteiger partial charge is 0.279 e. The molecule has 0 aliphatic carbocycles. The van der Waals surface area contributed by atoms with Crippen LogP contribution in [-0.4, -0.2) is 24.4 Å². The van der Waals surface area contributed by atoms with Crippen LogP contribution < -0.4 is 10.2 Å². The Hall–Kier alpha value is -2.15. The summed E-state index contributed by atoms with van der Waals surface area (Å²) in [5.41, 5.74) is 1.55. The van der Waals surface area contributed by atoms with Crippen molar-refractivity contribution in [2.45, 2.75) is 6.54 Å². The van der Waals surface area contributed by atoms with Crippen molar-refractivity contribution in [1.82, 2.24) is 0 Å².